The molecule has 3 aromatic rings. The number of rotatable bonds is 2. The van der Waals surface area contributed by atoms with Gasteiger partial charge in [-0.15, -0.1) is 11.6 Å². The Hall–Kier alpha value is -2.59. The number of nitrogens with one attached hydrogen (secondary N) is 1. The van der Waals surface area contributed by atoms with Gasteiger partial charge in [-0.1, -0.05) is 30.3 Å². The van der Waals surface area contributed by atoms with Crippen LogP contribution < -0.4 is 5.56 Å². The Morgan fingerprint density at radius 2 is 1.92 bits per heavy atom. The van der Waals surface area contributed by atoms with Crippen molar-refractivity contribution in [2.45, 2.75) is 18.8 Å². The van der Waals surface area contributed by atoms with Gasteiger partial charge in [0.15, 0.2) is 0 Å². The van der Waals surface area contributed by atoms with Crippen molar-refractivity contribution >= 4 is 28.3 Å². The molecule has 0 saturated carbocycles. The molecule has 0 bridgehead atoms. The Morgan fingerprint density at radius 3 is 2.72 bits per heavy atom. The molecule has 5 heteroatoms. The third-order valence-electron chi connectivity index (χ3n) is 4.72. The molecule has 1 aliphatic heterocycles. The smallest absolute Gasteiger partial charge is 0.256 e. The summed E-state index contributed by atoms with van der Waals surface area (Å²) >= 11 is 5.86. The Balaban J connectivity index is 1.69. The Morgan fingerprint density at radius 1 is 1.12 bits per heavy atom. The van der Waals surface area contributed by atoms with Gasteiger partial charge in [-0.05, 0) is 41.1 Å². The van der Waals surface area contributed by atoms with Gasteiger partial charge >= 0.3 is 0 Å². The standard InChI is InChI=1S/C20H17ClN2O2/c21-11-13-4-3-5-14(10-13)20(25)23-9-8-16-15-6-1-2-7-17(15)19(24)22-18(16)12-23/h1-7,10H,8-9,11-12H2,(H,22,24). The van der Waals surface area contributed by atoms with Crippen LogP contribution >= 0.6 is 11.6 Å². The van der Waals surface area contributed by atoms with E-state index in [0.29, 0.717) is 29.9 Å². The maximum absolute atomic E-state index is 12.8. The van der Waals surface area contributed by atoms with Crippen molar-refractivity contribution in [3.8, 4) is 0 Å². The molecule has 2 heterocycles. The highest BCUT2D eigenvalue weighted by atomic mass is 35.5. The van der Waals surface area contributed by atoms with Crippen molar-refractivity contribution in [1.82, 2.24) is 9.88 Å². The van der Waals surface area contributed by atoms with E-state index in [-0.39, 0.29) is 11.5 Å². The molecule has 0 fully saturated rings. The summed E-state index contributed by atoms with van der Waals surface area (Å²) in [5.41, 5.74) is 3.41. The second-order valence-electron chi connectivity index (χ2n) is 6.27. The van der Waals surface area contributed by atoms with Crippen LogP contribution in [0.15, 0.2) is 53.3 Å². The van der Waals surface area contributed by atoms with Crippen LogP contribution in [-0.4, -0.2) is 22.3 Å². The zero-order valence-corrected chi connectivity index (χ0v) is 14.3. The second-order valence-corrected chi connectivity index (χ2v) is 6.53. The molecule has 1 amide bonds. The number of nitrogens with zero attached hydrogens (tertiary/aromatic N) is 1. The number of aromatic nitrogens is 1. The van der Waals surface area contributed by atoms with Crippen LogP contribution in [0.4, 0.5) is 0 Å². The normalized spacial score (nSPS) is 13.7. The van der Waals surface area contributed by atoms with Gasteiger partial charge in [0, 0.05) is 29.1 Å². The summed E-state index contributed by atoms with van der Waals surface area (Å²) in [6.45, 7) is 1.05. The second kappa shape index (κ2) is 6.37. The maximum Gasteiger partial charge on any atom is 0.256 e. The van der Waals surface area contributed by atoms with Crippen LogP contribution in [0, 0.1) is 0 Å². The van der Waals surface area contributed by atoms with Gasteiger partial charge in [0.25, 0.3) is 11.5 Å². The summed E-state index contributed by atoms with van der Waals surface area (Å²) in [6, 6.07) is 15.0. The van der Waals surface area contributed by atoms with Crippen molar-refractivity contribution in [3.63, 3.8) is 0 Å². The molecule has 1 aliphatic rings. The van der Waals surface area contributed by atoms with E-state index >= 15 is 0 Å². The van der Waals surface area contributed by atoms with Gasteiger partial charge < -0.3 is 9.88 Å². The van der Waals surface area contributed by atoms with Crippen LogP contribution in [-0.2, 0) is 18.8 Å². The van der Waals surface area contributed by atoms with Crippen molar-refractivity contribution in [2.24, 2.45) is 0 Å². The zero-order chi connectivity index (χ0) is 17.4. The highest BCUT2D eigenvalue weighted by molar-refractivity contribution is 6.17. The Bertz CT molecular complexity index is 1030. The van der Waals surface area contributed by atoms with Gasteiger partial charge in [0.1, 0.15) is 0 Å². The number of fused-ring (bicyclic) bond motifs is 3. The van der Waals surface area contributed by atoms with Crippen LogP contribution in [0.3, 0.4) is 0 Å². The minimum Gasteiger partial charge on any atom is -0.332 e. The van der Waals surface area contributed by atoms with Crippen LogP contribution in [0.5, 0.6) is 0 Å². The van der Waals surface area contributed by atoms with E-state index in [1.54, 1.807) is 11.0 Å². The van der Waals surface area contributed by atoms with Crippen LogP contribution in [0.2, 0.25) is 0 Å². The predicted octanol–water partition coefficient (Wildman–Crippen LogP) is 3.47. The lowest BCUT2D eigenvalue weighted by molar-refractivity contribution is 0.0732. The van der Waals surface area contributed by atoms with E-state index in [9.17, 15) is 9.59 Å². The molecule has 0 radical (unpaired) electrons. The first-order valence-corrected chi connectivity index (χ1v) is 8.78. The number of amides is 1. The molecule has 1 aromatic heterocycles. The fourth-order valence-corrected chi connectivity index (χ4v) is 3.63. The predicted molar refractivity (Wildman–Crippen MR) is 99.0 cm³/mol. The summed E-state index contributed by atoms with van der Waals surface area (Å²) in [6.07, 6.45) is 0.730. The molecule has 2 aromatic carbocycles. The molecule has 0 spiro atoms. The molecule has 4 rings (SSSR count). The first-order valence-electron chi connectivity index (χ1n) is 8.24. The lowest BCUT2D eigenvalue weighted by atomic mass is 9.97. The van der Waals surface area contributed by atoms with Crippen molar-refractivity contribution in [3.05, 3.63) is 81.3 Å². The highest BCUT2D eigenvalue weighted by Crippen LogP contribution is 2.25. The summed E-state index contributed by atoms with van der Waals surface area (Å²) in [5.74, 6) is 0.343. The molecule has 0 aliphatic carbocycles. The number of aromatic amines is 1. The minimum absolute atomic E-state index is 0.0355. The quantitative estimate of drug-likeness (QED) is 0.718. The van der Waals surface area contributed by atoms with Crippen molar-refractivity contribution < 1.29 is 4.79 Å². The summed E-state index contributed by atoms with van der Waals surface area (Å²) in [5, 5.41) is 1.69. The third kappa shape index (κ3) is 2.83. The number of H-pyrrole nitrogens is 1. The molecule has 4 nitrogen and oxygen atoms in total. The van der Waals surface area contributed by atoms with Gasteiger partial charge in [-0.3, -0.25) is 9.59 Å². The van der Waals surface area contributed by atoms with E-state index in [2.05, 4.69) is 4.98 Å². The molecule has 0 unspecified atom stereocenters. The molecule has 1 N–H and O–H groups in total. The lowest BCUT2D eigenvalue weighted by Crippen LogP contribution is -2.37. The number of pyridine rings is 1. The number of carbonyl (C=O) groups excluding carboxylic acids is 1. The maximum atomic E-state index is 12.8. The van der Waals surface area contributed by atoms with E-state index in [1.165, 1.54) is 0 Å². The summed E-state index contributed by atoms with van der Waals surface area (Å²) in [7, 11) is 0. The van der Waals surface area contributed by atoms with Crippen molar-refractivity contribution in [2.75, 3.05) is 6.54 Å². The fraction of sp³-hybridized carbons (Fsp3) is 0.200. The zero-order valence-electron chi connectivity index (χ0n) is 13.6. The van der Waals surface area contributed by atoms with E-state index in [0.717, 1.165) is 28.6 Å². The lowest BCUT2D eigenvalue weighted by Gasteiger charge is -2.29. The SMILES string of the molecule is O=C(c1cccc(CCl)c1)N1CCc2c([nH]c(=O)c3ccccc23)C1. The minimum atomic E-state index is -0.104. The van der Waals surface area contributed by atoms with Gasteiger partial charge in [0.05, 0.1) is 6.54 Å². The number of alkyl halides is 1. The van der Waals surface area contributed by atoms with Crippen LogP contribution in [0.25, 0.3) is 10.8 Å². The molecule has 25 heavy (non-hydrogen) atoms. The van der Waals surface area contributed by atoms with E-state index in [1.807, 2.05) is 42.5 Å². The van der Waals surface area contributed by atoms with Gasteiger partial charge in [-0.25, -0.2) is 0 Å². The Kier molecular flexibility index (Phi) is 4.06. The third-order valence-corrected chi connectivity index (χ3v) is 5.03. The monoisotopic (exact) mass is 352 g/mol. The molecular formula is C20H17ClN2O2. The van der Waals surface area contributed by atoms with Gasteiger partial charge in [-0.2, -0.15) is 0 Å². The van der Waals surface area contributed by atoms with Gasteiger partial charge in [0.2, 0.25) is 0 Å². The van der Waals surface area contributed by atoms with E-state index in [4.69, 9.17) is 11.6 Å². The first-order chi connectivity index (χ1) is 12.2. The van der Waals surface area contributed by atoms with Crippen molar-refractivity contribution in [1.29, 1.82) is 0 Å². The number of halogens is 1. The Labute approximate surface area is 150 Å². The summed E-state index contributed by atoms with van der Waals surface area (Å²) in [4.78, 5) is 29.9. The number of benzene rings is 2. The number of hydrogen-bond acceptors (Lipinski definition) is 2. The number of hydrogen-bond donors (Lipinski definition) is 1. The molecule has 126 valence electrons. The average Bonchev–Trinajstić information content (AvgIpc) is 2.67. The molecular weight excluding hydrogens is 336 g/mol. The molecule has 0 atom stereocenters. The first kappa shape index (κ1) is 15.9. The largest absolute Gasteiger partial charge is 0.332 e. The fourth-order valence-electron chi connectivity index (χ4n) is 3.47. The van der Waals surface area contributed by atoms with Crippen LogP contribution in [0.1, 0.15) is 27.2 Å². The van der Waals surface area contributed by atoms with E-state index < -0.39 is 0 Å². The summed E-state index contributed by atoms with van der Waals surface area (Å²) < 4.78 is 0. The highest BCUT2D eigenvalue weighted by Gasteiger charge is 2.24. The topological polar surface area (TPSA) is 53.2 Å². The average molecular weight is 353 g/mol. The number of carbonyl (C=O) groups is 1. The molecule has 0 saturated heterocycles.